The van der Waals surface area contributed by atoms with Crippen LogP contribution in [0.15, 0.2) is 54.6 Å². The highest BCUT2D eigenvalue weighted by atomic mass is 35.5. The third-order valence-electron chi connectivity index (χ3n) is 8.52. The smallest absolute Gasteiger partial charge is 0.407 e. The van der Waals surface area contributed by atoms with Gasteiger partial charge in [0.2, 0.25) is 17.7 Å². The van der Waals surface area contributed by atoms with Gasteiger partial charge in [0.25, 0.3) is 0 Å². The van der Waals surface area contributed by atoms with Crippen LogP contribution in [0.25, 0.3) is 0 Å². The van der Waals surface area contributed by atoms with E-state index in [2.05, 4.69) is 37.7 Å². The molecule has 4 amide bonds. The molecule has 1 aliphatic carbocycles. The van der Waals surface area contributed by atoms with E-state index in [-0.39, 0.29) is 36.4 Å². The average molecular weight is 612 g/mol. The van der Waals surface area contributed by atoms with Gasteiger partial charge in [-0.05, 0) is 36.1 Å². The number of carbonyl (C=O) groups is 4. The number of nitrogens with zero attached hydrogens (tertiary/aromatic N) is 2. The first-order valence-corrected chi connectivity index (χ1v) is 15.3. The Bertz CT molecular complexity index is 1240. The zero-order valence-electron chi connectivity index (χ0n) is 24.9. The van der Waals surface area contributed by atoms with Gasteiger partial charge in [-0.25, -0.2) is 4.79 Å². The van der Waals surface area contributed by atoms with E-state index in [1.807, 2.05) is 30.3 Å². The standard InChI is InChI=1S/C32H42ClN5O5/c1-23(39)35-29(25-9-5-3-6-10-25)32(15-7-4-8-16-32)38-19-17-37(18-20-38)30(41)27(21-24-11-13-26(33)14-12-24)36-28(40)22-34-31(42)43-2/h3,5-6,9-14,27,29H,4,7-8,15-22H2,1-2H3,(H,34,42)(H,35,39)(H,36,40). The van der Waals surface area contributed by atoms with E-state index in [0.717, 1.165) is 36.8 Å². The maximum atomic E-state index is 13.9. The molecule has 1 aliphatic heterocycles. The van der Waals surface area contributed by atoms with Gasteiger partial charge in [-0.15, -0.1) is 0 Å². The summed E-state index contributed by atoms with van der Waals surface area (Å²) in [6.07, 6.45) is 4.80. The minimum Gasteiger partial charge on any atom is -0.453 e. The van der Waals surface area contributed by atoms with E-state index in [9.17, 15) is 19.2 Å². The molecule has 2 aromatic rings. The number of halogens is 1. The Labute approximate surface area is 258 Å². The van der Waals surface area contributed by atoms with Crippen LogP contribution in [0.2, 0.25) is 5.02 Å². The molecule has 1 saturated carbocycles. The van der Waals surface area contributed by atoms with Crippen molar-refractivity contribution in [3.63, 3.8) is 0 Å². The van der Waals surface area contributed by atoms with Crippen molar-refractivity contribution in [1.29, 1.82) is 0 Å². The molecule has 232 valence electrons. The highest BCUT2D eigenvalue weighted by Crippen LogP contribution is 2.43. The number of rotatable bonds is 10. The van der Waals surface area contributed by atoms with Crippen molar-refractivity contribution in [2.24, 2.45) is 0 Å². The number of piperazine rings is 1. The lowest BCUT2D eigenvalue weighted by Crippen LogP contribution is -2.64. The summed E-state index contributed by atoms with van der Waals surface area (Å²) in [5, 5.41) is 9.02. The van der Waals surface area contributed by atoms with Crippen LogP contribution in [-0.2, 0) is 25.5 Å². The molecule has 2 fully saturated rings. The second kappa shape index (κ2) is 15.2. The monoisotopic (exact) mass is 611 g/mol. The Morgan fingerprint density at radius 1 is 0.907 bits per heavy atom. The molecule has 1 saturated heterocycles. The average Bonchev–Trinajstić information content (AvgIpc) is 3.03. The summed E-state index contributed by atoms with van der Waals surface area (Å²) in [5.74, 6) is -0.728. The van der Waals surface area contributed by atoms with Crippen LogP contribution >= 0.6 is 11.6 Å². The second-order valence-corrected chi connectivity index (χ2v) is 11.8. The number of benzene rings is 2. The molecule has 11 heteroatoms. The van der Waals surface area contributed by atoms with Gasteiger partial charge in [-0.3, -0.25) is 19.3 Å². The Morgan fingerprint density at radius 2 is 1.56 bits per heavy atom. The number of nitrogens with one attached hydrogen (secondary N) is 3. The van der Waals surface area contributed by atoms with Crippen molar-refractivity contribution < 1.29 is 23.9 Å². The highest BCUT2D eigenvalue weighted by Gasteiger charge is 2.47. The molecular formula is C32H42ClN5O5. The molecule has 0 spiro atoms. The molecule has 0 aromatic heterocycles. The fraction of sp³-hybridized carbons (Fsp3) is 0.500. The lowest BCUT2D eigenvalue weighted by Gasteiger charge is -2.54. The summed E-state index contributed by atoms with van der Waals surface area (Å²) >= 11 is 6.05. The fourth-order valence-corrected chi connectivity index (χ4v) is 6.57. The van der Waals surface area contributed by atoms with Gasteiger partial charge in [-0.1, -0.05) is 73.3 Å². The summed E-state index contributed by atoms with van der Waals surface area (Å²) in [4.78, 5) is 54.7. The van der Waals surface area contributed by atoms with Crippen molar-refractivity contribution in [2.75, 3.05) is 39.8 Å². The van der Waals surface area contributed by atoms with Crippen molar-refractivity contribution in [1.82, 2.24) is 25.8 Å². The first-order chi connectivity index (χ1) is 20.7. The van der Waals surface area contributed by atoms with E-state index in [1.165, 1.54) is 13.5 Å². The van der Waals surface area contributed by atoms with E-state index in [4.69, 9.17) is 11.6 Å². The SMILES string of the molecule is COC(=O)NCC(=O)NC(Cc1ccc(Cl)cc1)C(=O)N1CCN(C2(C(NC(C)=O)c3ccccc3)CCCCC2)CC1. The van der Waals surface area contributed by atoms with Crippen molar-refractivity contribution in [2.45, 2.75) is 63.1 Å². The zero-order valence-corrected chi connectivity index (χ0v) is 25.7. The first kappa shape index (κ1) is 32.3. The third kappa shape index (κ3) is 8.48. The first-order valence-electron chi connectivity index (χ1n) is 14.9. The van der Waals surface area contributed by atoms with Gasteiger partial charge >= 0.3 is 6.09 Å². The lowest BCUT2D eigenvalue weighted by atomic mass is 9.72. The molecule has 1 heterocycles. The summed E-state index contributed by atoms with van der Waals surface area (Å²) in [5.41, 5.74) is 1.69. The Balaban J connectivity index is 1.50. The van der Waals surface area contributed by atoms with Gasteiger partial charge in [0.15, 0.2) is 0 Å². The molecule has 3 N–H and O–H groups in total. The number of hydrogen-bond donors (Lipinski definition) is 3. The molecule has 43 heavy (non-hydrogen) atoms. The number of methoxy groups -OCH3 is 1. The summed E-state index contributed by atoms with van der Waals surface area (Å²) < 4.78 is 4.54. The molecular weight excluding hydrogens is 570 g/mol. The number of alkyl carbamates (subject to hydrolysis) is 1. The summed E-state index contributed by atoms with van der Waals surface area (Å²) in [6.45, 7) is 3.56. The third-order valence-corrected chi connectivity index (χ3v) is 8.78. The molecule has 0 bridgehead atoms. The largest absolute Gasteiger partial charge is 0.453 e. The Hall–Kier alpha value is -3.63. The quantitative estimate of drug-likeness (QED) is 0.379. The van der Waals surface area contributed by atoms with Gasteiger partial charge in [0.05, 0.1) is 13.2 Å². The Morgan fingerprint density at radius 3 is 2.16 bits per heavy atom. The van der Waals surface area contributed by atoms with E-state index < -0.39 is 18.0 Å². The fourth-order valence-electron chi connectivity index (χ4n) is 6.45. The molecule has 4 rings (SSSR count). The van der Waals surface area contributed by atoms with Crippen LogP contribution in [0, 0.1) is 0 Å². The van der Waals surface area contributed by atoms with E-state index in [0.29, 0.717) is 31.2 Å². The van der Waals surface area contributed by atoms with Crippen LogP contribution in [0.4, 0.5) is 4.79 Å². The minimum absolute atomic E-state index is 0.0601. The summed E-state index contributed by atoms with van der Waals surface area (Å²) in [7, 11) is 1.22. The predicted molar refractivity (Wildman–Crippen MR) is 164 cm³/mol. The number of amides is 4. The zero-order chi connectivity index (χ0) is 30.8. The van der Waals surface area contributed by atoms with Gasteiger partial charge in [-0.2, -0.15) is 0 Å². The summed E-state index contributed by atoms with van der Waals surface area (Å²) in [6, 6.07) is 16.3. The molecule has 2 aliphatic rings. The van der Waals surface area contributed by atoms with Gasteiger partial charge < -0.3 is 25.6 Å². The highest BCUT2D eigenvalue weighted by molar-refractivity contribution is 6.30. The molecule has 0 radical (unpaired) electrons. The van der Waals surface area contributed by atoms with Crippen molar-refractivity contribution >= 4 is 35.4 Å². The minimum atomic E-state index is -0.820. The number of carbonyl (C=O) groups excluding carboxylic acids is 4. The van der Waals surface area contributed by atoms with E-state index >= 15 is 0 Å². The van der Waals surface area contributed by atoms with Gasteiger partial charge in [0.1, 0.15) is 12.6 Å². The molecule has 2 unspecified atom stereocenters. The lowest BCUT2D eigenvalue weighted by molar-refractivity contribution is -0.139. The maximum Gasteiger partial charge on any atom is 0.407 e. The van der Waals surface area contributed by atoms with Crippen LogP contribution in [0.5, 0.6) is 0 Å². The predicted octanol–water partition coefficient (Wildman–Crippen LogP) is 3.45. The van der Waals surface area contributed by atoms with Gasteiger partial charge in [0, 0.05) is 50.1 Å². The Kier molecular flexibility index (Phi) is 11.4. The number of ether oxygens (including phenoxy) is 1. The molecule has 2 aromatic carbocycles. The van der Waals surface area contributed by atoms with Crippen LogP contribution < -0.4 is 16.0 Å². The topological polar surface area (TPSA) is 120 Å². The van der Waals surface area contributed by atoms with E-state index in [1.54, 1.807) is 24.0 Å². The maximum absolute atomic E-state index is 13.9. The molecule has 10 nitrogen and oxygen atoms in total. The normalized spacial score (nSPS) is 18.2. The molecule has 2 atom stereocenters. The van der Waals surface area contributed by atoms with Crippen molar-refractivity contribution in [3.05, 3.63) is 70.7 Å². The number of hydrogen-bond acceptors (Lipinski definition) is 6. The second-order valence-electron chi connectivity index (χ2n) is 11.3. The van der Waals surface area contributed by atoms with Crippen molar-refractivity contribution in [3.8, 4) is 0 Å². The van der Waals surface area contributed by atoms with Crippen LogP contribution in [0.1, 0.15) is 56.2 Å². The van der Waals surface area contributed by atoms with Crippen LogP contribution in [-0.4, -0.2) is 85.0 Å². The van der Waals surface area contributed by atoms with Crippen LogP contribution in [0.3, 0.4) is 0 Å².